The van der Waals surface area contributed by atoms with Gasteiger partial charge in [-0.2, -0.15) is 0 Å². The molecule has 0 aliphatic heterocycles. The number of benzene rings is 1. The van der Waals surface area contributed by atoms with Crippen molar-refractivity contribution in [3.05, 3.63) is 48.0 Å². The van der Waals surface area contributed by atoms with Gasteiger partial charge in [0.05, 0.1) is 10.6 Å². The maximum Gasteiger partial charge on any atom is 0.268 e. The summed E-state index contributed by atoms with van der Waals surface area (Å²) in [5.41, 5.74) is 1.69. The molecule has 1 heterocycles. The Morgan fingerprint density at radius 2 is 2.00 bits per heavy atom. The molecule has 6 heteroatoms. The van der Waals surface area contributed by atoms with Gasteiger partial charge in [-0.05, 0) is 19.1 Å². The Kier molecular flexibility index (Phi) is 3.80. The zero-order chi connectivity index (χ0) is 13.9. The van der Waals surface area contributed by atoms with E-state index >= 15 is 0 Å². The average molecular weight is 277 g/mol. The highest BCUT2D eigenvalue weighted by atomic mass is 32.2. The largest absolute Gasteiger partial charge is 0.300 e. The Labute approximate surface area is 112 Å². The van der Waals surface area contributed by atoms with E-state index in [4.69, 9.17) is 0 Å². The van der Waals surface area contributed by atoms with Crippen molar-refractivity contribution >= 4 is 16.2 Å². The van der Waals surface area contributed by atoms with Crippen LogP contribution in [0.15, 0.2) is 46.7 Å². The summed E-state index contributed by atoms with van der Waals surface area (Å²) in [5, 5.41) is 0. The minimum atomic E-state index is -3.55. The number of aryl methyl sites for hydroxylation is 1. The summed E-state index contributed by atoms with van der Waals surface area (Å²) < 4.78 is 25.8. The second kappa shape index (κ2) is 5.36. The summed E-state index contributed by atoms with van der Waals surface area (Å²) in [6.07, 6.45) is 5.03. The Balaban J connectivity index is 2.34. The normalized spacial score (nSPS) is 12.1. The van der Waals surface area contributed by atoms with Crippen LogP contribution in [0.25, 0.3) is 0 Å². The molecular formula is C13H15N3O2S. The standard InChI is InChI=1S/C13H15N3O2S/c1-11-3-5-13(6-4-11)19(17,18)16-9-12(15-10-16)7-8-14-2/h3-6,8-10H,7H2,1-2H3. The lowest BCUT2D eigenvalue weighted by Gasteiger charge is -2.04. The number of rotatable bonds is 4. The van der Waals surface area contributed by atoms with Gasteiger partial charge in [-0.15, -0.1) is 0 Å². The molecule has 2 rings (SSSR count). The van der Waals surface area contributed by atoms with Gasteiger partial charge in [-0.1, -0.05) is 17.7 Å². The van der Waals surface area contributed by atoms with E-state index in [0.29, 0.717) is 12.1 Å². The molecule has 0 aliphatic rings. The van der Waals surface area contributed by atoms with Gasteiger partial charge in [-0.3, -0.25) is 0 Å². The van der Waals surface area contributed by atoms with Crippen LogP contribution in [0.5, 0.6) is 0 Å². The van der Waals surface area contributed by atoms with Gasteiger partial charge in [0.15, 0.2) is 0 Å². The fraction of sp³-hybridized carbons (Fsp3) is 0.231. The van der Waals surface area contributed by atoms with Gasteiger partial charge in [0, 0.05) is 25.9 Å². The first-order valence-corrected chi connectivity index (χ1v) is 7.24. The number of nitrogens with zero attached hydrogens (tertiary/aromatic N) is 3. The molecule has 100 valence electrons. The molecule has 2 aromatic rings. The molecule has 0 aliphatic carbocycles. The molecule has 5 nitrogen and oxygen atoms in total. The van der Waals surface area contributed by atoms with E-state index in [1.54, 1.807) is 37.5 Å². The van der Waals surface area contributed by atoms with Crippen LogP contribution in [-0.4, -0.2) is 30.6 Å². The van der Waals surface area contributed by atoms with Gasteiger partial charge >= 0.3 is 0 Å². The maximum absolute atomic E-state index is 12.3. The Bertz CT molecular complexity index is 685. The van der Waals surface area contributed by atoms with Crippen molar-refractivity contribution in [2.24, 2.45) is 4.99 Å². The zero-order valence-corrected chi connectivity index (χ0v) is 11.6. The number of aromatic nitrogens is 2. The quantitative estimate of drug-likeness (QED) is 0.799. The molecule has 19 heavy (non-hydrogen) atoms. The Morgan fingerprint density at radius 1 is 1.32 bits per heavy atom. The Hall–Kier alpha value is -1.95. The number of hydrogen-bond donors (Lipinski definition) is 0. The van der Waals surface area contributed by atoms with E-state index in [9.17, 15) is 8.42 Å². The first-order valence-electron chi connectivity index (χ1n) is 5.80. The molecule has 0 fully saturated rings. The number of imidazole rings is 1. The third kappa shape index (κ3) is 2.90. The molecular weight excluding hydrogens is 262 g/mol. The third-order valence-electron chi connectivity index (χ3n) is 2.69. The molecule has 0 bridgehead atoms. The van der Waals surface area contributed by atoms with Gasteiger partial charge in [-0.25, -0.2) is 17.4 Å². The van der Waals surface area contributed by atoms with E-state index in [2.05, 4.69) is 9.98 Å². The lowest BCUT2D eigenvalue weighted by atomic mass is 10.2. The fourth-order valence-corrected chi connectivity index (χ4v) is 2.75. The summed E-state index contributed by atoms with van der Waals surface area (Å²) in [6, 6.07) is 6.73. The van der Waals surface area contributed by atoms with E-state index < -0.39 is 10.0 Å². The number of hydrogen-bond acceptors (Lipinski definition) is 4. The van der Waals surface area contributed by atoms with Crippen LogP contribution in [-0.2, 0) is 16.4 Å². The van der Waals surface area contributed by atoms with Crippen molar-refractivity contribution < 1.29 is 8.42 Å². The first-order chi connectivity index (χ1) is 9.04. The monoisotopic (exact) mass is 277 g/mol. The predicted molar refractivity (Wildman–Crippen MR) is 74.1 cm³/mol. The minimum absolute atomic E-state index is 0.256. The molecule has 1 aromatic carbocycles. The fourth-order valence-electron chi connectivity index (χ4n) is 1.60. The lowest BCUT2D eigenvalue weighted by Crippen LogP contribution is -2.10. The molecule has 0 saturated carbocycles. The van der Waals surface area contributed by atoms with Crippen LogP contribution in [0, 0.1) is 6.92 Å². The van der Waals surface area contributed by atoms with Crippen molar-refractivity contribution in [3.8, 4) is 0 Å². The lowest BCUT2D eigenvalue weighted by molar-refractivity contribution is 0.587. The second-order valence-corrected chi connectivity index (χ2v) is 6.00. The average Bonchev–Trinajstić information content (AvgIpc) is 2.86. The van der Waals surface area contributed by atoms with E-state index in [1.807, 2.05) is 6.92 Å². The molecule has 0 radical (unpaired) electrons. The highest BCUT2D eigenvalue weighted by Crippen LogP contribution is 2.14. The van der Waals surface area contributed by atoms with Crippen LogP contribution in [0.2, 0.25) is 0 Å². The number of aliphatic imine (C=N–C) groups is 1. The van der Waals surface area contributed by atoms with Crippen molar-refractivity contribution in [1.29, 1.82) is 0 Å². The minimum Gasteiger partial charge on any atom is -0.300 e. The molecule has 1 aromatic heterocycles. The molecule has 0 saturated heterocycles. The van der Waals surface area contributed by atoms with E-state index in [0.717, 1.165) is 9.54 Å². The van der Waals surface area contributed by atoms with Gasteiger partial charge < -0.3 is 4.99 Å². The molecule has 0 atom stereocenters. The second-order valence-electron chi connectivity index (χ2n) is 4.16. The highest BCUT2D eigenvalue weighted by molar-refractivity contribution is 7.90. The smallest absolute Gasteiger partial charge is 0.268 e. The van der Waals surface area contributed by atoms with Crippen LogP contribution in [0.3, 0.4) is 0 Å². The molecule has 0 spiro atoms. The first kappa shape index (κ1) is 13.5. The van der Waals surface area contributed by atoms with Crippen LogP contribution >= 0.6 is 0 Å². The van der Waals surface area contributed by atoms with Gasteiger partial charge in [0.2, 0.25) is 0 Å². The maximum atomic E-state index is 12.3. The van der Waals surface area contributed by atoms with Crippen molar-refractivity contribution in [3.63, 3.8) is 0 Å². The zero-order valence-electron chi connectivity index (χ0n) is 10.8. The summed E-state index contributed by atoms with van der Waals surface area (Å²) in [6.45, 7) is 1.91. The highest BCUT2D eigenvalue weighted by Gasteiger charge is 2.16. The summed E-state index contributed by atoms with van der Waals surface area (Å²) in [5.74, 6) is 0. The van der Waals surface area contributed by atoms with Gasteiger partial charge in [0.25, 0.3) is 10.0 Å². The summed E-state index contributed by atoms with van der Waals surface area (Å²) >= 11 is 0. The topological polar surface area (TPSA) is 64.3 Å². The Morgan fingerprint density at radius 3 is 2.63 bits per heavy atom. The molecule has 0 N–H and O–H groups in total. The van der Waals surface area contributed by atoms with Crippen molar-refractivity contribution in [2.45, 2.75) is 18.2 Å². The van der Waals surface area contributed by atoms with Crippen LogP contribution in [0.1, 0.15) is 11.3 Å². The molecule has 0 unspecified atom stereocenters. The molecule has 0 amide bonds. The predicted octanol–water partition coefficient (Wildman–Crippen LogP) is 1.67. The van der Waals surface area contributed by atoms with E-state index in [1.165, 1.54) is 12.5 Å². The SMILES string of the molecule is CN=CCc1cn(S(=O)(=O)c2ccc(C)cc2)cn1. The van der Waals surface area contributed by atoms with Crippen LogP contribution in [0.4, 0.5) is 0 Å². The van der Waals surface area contributed by atoms with E-state index in [-0.39, 0.29) is 4.90 Å². The van der Waals surface area contributed by atoms with Gasteiger partial charge in [0.1, 0.15) is 6.33 Å². The summed E-state index contributed by atoms with van der Waals surface area (Å²) in [7, 11) is -1.88. The summed E-state index contributed by atoms with van der Waals surface area (Å²) in [4.78, 5) is 8.16. The van der Waals surface area contributed by atoms with Crippen molar-refractivity contribution in [1.82, 2.24) is 8.96 Å². The van der Waals surface area contributed by atoms with Crippen molar-refractivity contribution in [2.75, 3.05) is 7.05 Å². The van der Waals surface area contributed by atoms with Crippen LogP contribution < -0.4 is 0 Å². The third-order valence-corrected chi connectivity index (χ3v) is 4.32.